The zero-order valence-corrected chi connectivity index (χ0v) is 15.1. The Kier molecular flexibility index (Phi) is 4.33. The summed E-state index contributed by atoms with van der Waals surface area (Å²) in [5.74, 6) is 0.457. The number of nitrogens with zero attached hydrogens (tertiary/aromatic N) is 3. The van der Waals surface area contributed by atoms with Gasteiger partial charge in [0.1, 0.15) is 5.52 Å². The van der Waals surface area contributed by atoms with Crippen LogP contribution < -0.4 is 16.5 Å². The third-order valence-corrected chi connectivity index (χ3v) is 4.29. The molecule has 0 saturated heterocycles. The van der Waals surface area contributed by atoms with Crippen molar-refractivity contribution in [3.05, 3.63) is 76.4 Å². The highest BCUT2D eigenvalue weighted by Gasteiger charge is 2.11. The first-order valence-electron chi connectivity index (χ1n) is 8.71. The first-order valence-corrected chi connectivity index (χ1v) is 8.71. The molecule has 0 amide bonds. The molecule has 2 aromatic carbocycles. The minimum Gasteiger partial charge on any atom is -0.406 e. The minimum absolute atomic E-state index is 0.438. The fourth-order valence-corrected chi connectivity index (χ4v) is 2.75. The van der Waals surface area contributed by atoms with Crippen LogP contribution in [0.3, 0.4) is 0 Å². The van der Waals surface area contributed by atoms with Gasteiger partial charge in [0.2, 0.25) is 5.95 Å². The summed E-state index contributed by atoms with van der Waals surface area (Å²) in [5, 5.41) is 3.18. The van der Waals surface area contributed by atoms with E-state index >= 15 is 0 Å². The molecule has 4 aromatic rings. The Morgan fingerprint density at radius 1 is 1.11 bits per heavy atom. The predicted octanol–water partition coefficient (Wildman–Crippen LogP) is 3.87. The van der Waals surface area contributed by atoms with Crippen LogP contribution in [0.25, 0.3) is 11.1 Å². The number of rotatable bonds is 5. The van der Waals surface area contributed by atoms with Gasteiger partial charge < -0.3 is 9.73 Å². The van der Waals surface area contributed by atoms with Gasteiger partial charge in [-0.25, -0.2) is 9.78 Å². The Balaban J connectivity index is 1.64. The number of para-hydroxylation sites is 2. The van der Waals surface area contributed by atoms with Gasteiger partial charge in [0.05, 0.1) is 0 Å². The Hall–Kier alpha value is -3.61. The van der Waals surface area contributed by atoms with Crippen LogP contribution in [0.15, 0.2) is 63.9 Å². The number of hydrogen-bond acceptors (Lipinski definition) is 6. The zero-order chi connectivity index (χ0) is 18.8. The van der Waals surface area contributed by atoms with Gasteiger partial charge in [-0.1, -0.05) is 31.2 Å². The first-order chi connectivity index (χ1) is 13.1. The van der Waals surface area contributed by atoms with E-state index in [4.69, 9.17) is 4.42 Å². The molecule has 2 N–H and O–H groups in total. The molecule has 0 saturated carbocycles. The second-order valence-electron chi connectivity index (χ2n) is 6.18. The number of aromatic nitrogens is 3. The SMILES string of the molecule is CCc1ccc(Nc2ncc(C)c(Nn3c(=O)oc4ccccc43)n2)cc1. The van der Waals surface area contributed by atoms with E-state index in [-0.39, 0.29) is 0 Å². The number of hydrogen-bond donors (Lipinski definition) is 2. The Morgan fingerprint density at radius 3 is 2.67 bits per heavy atom. The van der Waals surface area contributed by atoms with Crippen molar-refractivity contribution in [1.82, 2.24) is 14.6 Å². The van der Waals surface area contributed by atoms with Crippen molar-refractivity contribution >= 4 is 28.6 Å². The molecule has 0 atom stereocenters. The number of benzene rings is 2. The first kappa shape index (κ1) is 16.8. The second-order valence-corrected chi connectivity index (χ2v) is 6.18. The van der Waals surface area contributed by atoms with E-state index < -0.39 is 5.76 Å². The van der Waals surface area contributed by atoms with Crippen LogP contribution in [-0.4, -0.2) is 14.6 Å². The normalized spacial score (nSPS) is 10.9. The highest BCUT2D eigenvalue weighted by Crippen LogP contribution is 2.19. The third kappa shape index (κ3) is 3.39. The molecule has 0 radical (unpaired) electrons. The molecule has 0 fully saturated rings. The van der Waals surface area contributed by atoms with Crippen LogP contribution >= 0.6 is 0 Å². The molecular formula is C20H19N5O2. The van der Waals surface area contributed by atoms with Crippen molar-refractivity contribution in [2.75, 3.05) is 10.7 Å². The van der Waals surface area contributed by atoms with Crippen molar-refractivity contribution in [2.45, 2.75) is 20.3 Å². The summed E-state index contributed by atoms with van der Waals surface area (Å²) in [6.45, 7) is 3.99. The van der Waals surface area contributed by atoms with Gasteiger partial charge in [0.15, 0.2) is 11.4 Å². The lowest BCUT2D eigenvalue weighted by Crippen LogP contribution is -2.23. The van der Waals surface area contributed by atoms with E-state index in [1.165, 1.54) is 10.2 Å². The molecule has 4 rings (SSSR count). The quantitative estimate of drug-likeness (QED) is 0.561. The second kappa shape index (κ2) is 6.95. The molecule has 0 unspecified atom stereocenters. The van der Waals surface area contributed by atoms with E-state index in [0.717, 1.165) is 17.7 Å². The van der Waals surface area contributed by atoms with Crippen molar-refractivity contribution in [3.8, 4) is 0 Å². The molecule has 7 nitrogen and oxygen atoms in total. The molecule has 2 heterocycles. The van der Waals surface area contributed by atoms with Crippen LogP contribution in [0.2, 0.25) is 0 Å². The van der Waals surface area contributed by atoms with Gasteiger partial charge in [-0.3, -0.25) is 5.43 Å². The van der Waals surface area contributed by atoms with Crippen molar-refractivity contribution in [3.63, 3.8) is 0 Å². The molecule has 2 aromatic heterocycles. The Labute approximate surface area is 155 Å². The van der Waals surface area contributed by atoms with Crippen LogP contribution in [0.1, 0.15) is 18.1 Å². The molecule has 27 heavy (non-hydrogen) atoms. The number of fused-ring (bicyclic) bond motifs is 1. The lowest BCUT2D eigenvalue weighted by atomic mass is 10.1. The van der Waals surface area contributed by atoms with Gasteiger partial charge in [0, 0.05) is 17.4 Å². The number of oxazole rings is 1. The Bertz CT molecular complexity index is 1150. The van der Waals surface area contributed by atoms with Crippen LogP contribution in [0, 0.1) is 6.92 Å². The summed E-state index contributed by atoms with van der Waals surface area (Å²) in [6, 6.07) is 15.3. The van der Waals surface area contributed by atoms with Crippen LogP contribution in [0.5, 0.6) is 0 Å². The van der Waals surface area contributed by atoms with Gasteiger partial charge >= 0.3 is 5.76 Å². The van der Waals surface area contributed by atoms with Gasteiger partial charge in [-0.15, -0.1) is 0 Å². The molecule has 0 bridgehead atoms. The maximum atomic E-state index is 12.2. The van der Waals surface area contributed by atoms with Gasteiger partial charge in [0.25, 0.3) is 0 Å². The average Bonchev–Trinajstić information content (AvgIpc) is 3.00. The van der Waals surface area contributed by atoms with E-state index in [2.05, 4.69) is 39.8 Å². The summed E-state index contributed by atoms with van der Waals surface area (Å²) >= 11 is 0. The molecule has 0 spiro atoms. The fourth-order valence-electron chi connectivity index (χ4n) is 2.75. The van der Waals surface area contributed by atoms with Crippen LogP contribution in [-0.2, 0) is 6.42 Å². The monoisotopic (exact) mass is 361 g/mol. The molecule has 7 heteroatoms. The maximum Gasteiger partial charge on any atom is 0.439 e. The molecule has 0 aliphatic carbocycles. The molecule has 136 valence electrons. The van der Waals surface area contributed by atoms with Crippen molar-refractivity contribution < 1.29 is 4.42 Å². The van der Waals surface area contributed by atoms with Crippen molar-refractivity contribution in [2.24, 2.45) is 0 Å². The standard InChI is InChI=1S/C20H19N5O2/c1-3-14-8-10-15(11-9-14)22-19-21-12-13(2)18(23-19)24-25-16-6-4-5-7-17(16)27-20(25)26/h4-12H,3H2,1-2H3,(H2,21,22,23,24). The van der Waals surface area contributed by atoms with E-state index in [1.54, 1.807) is 18.3 Å². The third-order valence-electron chi connectivity index (χ3n) is 4.29. The smallest absolute Gasteiger partial charge is 0.406 e. The molecule has 0 aliphatic rings. The molecular weight excluding hydrogens is 342 g/mol. The summed E-state index contributed by atoms with van der Waals surface area (Å²) in [4.78, 5) is 21.0. The van der Waals surface area contributed by atoms with Crippen molar-refractivity contribution in [1.29, 1.82) is 0 Å². The number of aryl methyl sites for hydroxylation is 2. The van der Waals surface area contributed by atoms with Crippen LogP contribution in [0.4, 0.5) is 17.5 Å². The average molecular weight is 361 g/mol. The topological polar surface area (TPSA) is 85.0 Å². The minimum atomic E-state index is -0.501. The lowest BCUT2D eigenvalue weighted by molar-refractivity contribution is 0.532. The predicted molar refractivity (Wildman–Crippen MR) is 105 cm³/mol. The maximum absolute atomic E-state index is 12.2. The summed E-state index contributed by atoms with van der Waals surface area (Å²) < 4.78 is 6.58. The van der Waals surface area contributed by atoms with E-state index in [9.17, 15) is 4.79 Å². The zero-order valence-electron chi connectivity index (χ0n) is 15.1. The summed E-state index contributed by atoms with van der Waals surface area (Å²) in [7, 11) is 0. The van der Waals surface area contributed by atoms with Gasteiger partial charge in [-0.05, 0) is 43.2 Å². The number of anilines is 3. The Morgan fingerprint density at radius 2 is 1.89 bits per heavy atom. The lowest BCUT2D eigenvalue weighted by Gasteiger charge is -2.11. The highest BCUT2D eigenvalue weighted by molar-refractivity contribution is 5.73. The van der Waals surface area contributed by atoms with Gasteiger partial charge in [-0.2, -0.15) is 9.66 Å². The molecule has 0 aliphatic heterocycles. The number of nitrogens with one attached hydrogen (secondary N) is 2. The van der Waals surface area contributed by atoms with E-state index in [1.807, 2.05) is 31.2 Å². The largest absolute Gasteiger partial charge is 0.439 e. The summed E-state index contributed by atoms with van der Waals surface area (Å²) in [6.07, 6.45) is 2.69. The van der Waals surface area contributed by atoms with E-state index in [0.29, 0.717) is 22.9 Å². The fraction of sp³-hybridized carbons (Fsp3) is 0.150. The highest BCUT2D eigenvalue weighted by atomic mass is 16.4. The summed E-state index contributed by atoms with van der Waals surface area (Å²) in [5.41, 5.74) is 7.14.